The summed E-state index contributed by atoms with van der Waals surface area (Å²) in [5.74, 6) is -2.07. The second-order valence-corrected chi connectivity index (χ2v) is 6.39. The minimum Gasteiger partial charge on any atom is -0.502 e. The van der Waals surface area contributed by atoms with Gasteiger partial charge in [-0.3, -0.25) is 14.5 Å². The third kappa shape index (κ3) is 2.88. The molecule has 0 atom stereocenters. The Balaban J connectivity index is 1.97. The van der Waals surface area contributed by atoms with Crippen LogP contribution in [0.1, 0.15) is 11.1 Å². The molecule has 122 valence electrons. The molecule has 0 bridgehead atoms. The topological polar surface area (TPSA) is 57.6 Å². The maximum Gasteiger partial charge on any atom is 0.296 e. The molecule has 2 amide bonds. The van der Waals surface area contributed by atoms with Gasteiger partial charge in [-0.1, -0.05) is 59.1 Å². The third-order valence-corrected chi connectivity index (χ3v) is 4.55. The van der Waals surface area contributed by atoms with Crippen LogP contribution in [0.15, 0.2) is 48.2 Å². The molecule has 1 heterocycles. The van der Waals surface area contributed by atoms with E-state index in [1.165, 1.54) is 18.2 Å². The van der Waals surface area contributed by atoms with Gasteiger partial charge in [0.2, 0.25) is 0 Å². The smallest absolute Gasteiger partial charge is 0.296 e. The summed E-state index contributed by atoms with van der Waals surface area (Å²) >= 11 is 18.0. The normalized spacial score (nSPS) is 14.7. The van der Waals surface area contributed by atoms with E-state index in [0.717, 1.165) is 4.90 Å². The monoisotopic (exact) mass is 381 g/mol. The number of hydrogen-bond acceptors (Lipinski definition) is 3. The third-order valence-electron chi connectivity index (χ3n) is 3.63. The average Bonchev–Trinajstić information content (AvgIpc) is 2.74. The van der Waals surface area contributed by atoms with Gasteiger partial charge in [0.15, 0.2) is 5.76 Å². The minimum atomic E-state index is -0.791. The number of imide groups is 1. The van der Waals surface area contributed by atoms with Gasteiger partial charge in [0.25, 0.3) is 11.8 Å². The molecule has 4 nitrogen and oxygen atoms in total. The van der Waals surface area contributed by atoms with E-state index in [1.54, 1.807) is 24.3 Å². The Morgan fingerprint density at radius 2 is 1.62 bits per heavy atom. The number of aliphatic hydroxyl groups excluding tert-OH is 1. The first-order valence-corrected chi connectivity index (χ1v) is 8.02. The molecule has 1 N–H and O–H groups in total. The number of amides is 2. The maximum absolute atomic E-state index is 12.6. The van der Waals surface area contributed by atoms with Crippen molar-refractivity contribution in [1.82, 2.24) is 4.90 Å². The van der Waals surface area contributed by atoms with Crippen molar-refractivity contribution in [2.75, 3.05) is 0 Å². The fourth-order valence-electron chi connectivity index (χ4n) is 2.44. The molecule has 2 aromatic carbocycles. The first-order chi connectivity index (χ1) is 11.4. The Labute approximate surface area is 152 Å². The molecular formula is C17H10Cl3NO3. The van der Waals surface area contributed by atoms with Crippen molar-refractivity contribution in [3.8, 4) is 0 Å². The molecule has 0 saturated carbocycles. The van der Waals surface area contributed by atoms with Crippen LogP contribution in [-0.4, -0.2) is 21.8 Å². The van der Waals surface area contributed by atoms with Crippen molar-refractivity contribution in [1.29, 1.82) is 0 Å². The zero-order valence-electron chi connectivity index (χ0n) is 12.1. The van der Waals surface area contributed by atoms with Gasteiger partial charge in [-0.15, -0.1) is 0 Å². The quantitative estimate of drug-likeness (QED) is 0.796. The fraction of sp³-hybridized carbons (Fsp3) is 0.0588. The standard InChI is InChI=1S/C17H10Cl3NO3/c18-10-5-6-11(13(20)7-10)14-15(22)17(24)21(16(14)23)8-9-3-1-2-4-12(9)19/h1-7,22H,8H2. The van der Waals surface area contributed by atoms with E-state index in [2.05, 4.69) is 0 Å². The van der Waals surface area contributed by atoms with E-state index in [1.807, 2.05) is 0 Å². The lowest BCUT2D eigenvalue weighted by molar-refractivity contribution is -0.138. The summed E-state index contributed by atoms with van der Waals surface area (Å²) in [6.07, 6.45) is 0. The Kier molecular flexibility index (Phi) is 4.54. The molecule has 2 aromatic rings. The minimum absolute atomic E-state index is 0.0455. The SMILES string of the molecule is O=C1C(O)=C(c2ccc(Cl)cc2Cl)C(=O)N1Cc1ccccc1Cl. The van der Waals surface area contributed by atoms with Crippen molar-refractivity contribution >= 4 is 52.2 Å². The lowest BCUT2D eigenvalue weighted by atomic mass is 10.1. The van der Waals surface area contributed by atoms with Crippen LogP contribution in [0.3, 0.4) is 0 Å². The molecule has 3 rings (SSSR count). The van der Waals surface area contributed by atoms with Gasteiger partial charge >= 0.3 is 0 Å². The molecule has 0 radical (unpaired) electrons. The van der Waals surface area contributed by atoms with Crippen molar-refractivity contribution in [2.24, 2.45) is 0 Å². The van der Waals surface area contributed by atoms with Gasteiger partial charge in [-0.2, -0.15) is 0 Å². The molecule has 7 heteroatoms. The predicted octanol–water partition coefficient (Wildman–Crippen LogP) is 4.48. The highest BCUT2D eigenvalue weighted by Crippen LogP contribution is 2.34. The highest BCUT2D eigenvalue weighted by Gasteiger charge is 2.40. The van der Waals surface area contributed by atoms with E-state index in [4.69, 9.17) is 34.8 Å². The van der Waals surface area contributed by atoms with E-state index in [9.17, 15) is 14.7 Å². The highest BCUT2D eigenvalue weighted by atomic mass is 35.5. The van der Waals surface area contributed by atoms with Gasteiger partial charge in [-0.05, 0) is 23.8 Å². The van der Waals surface area contributed by atoms with Crippen LogP contribution in [0.2, 0.25) is 15.1 Å². The first-order valence-electron chi connectivity index (χ1n) is 6.88. The summed E-state index contributed by atoms with van der Waals surface area (Å²) in [5, 5.41) is 11.1. The summed E-state index contributed by atoms with van der Waals surface area (Å²) < 4.78 is 0. The summed E-state index contributed by atoms with van der Waals surface area (Å²) in [4.78, 5) is 25.8. The Morgan fingerprint density at radius 1 is 0.917 bits per heavy atom. The van der Waals surface area contributed by atoms with Crippen LogP contribution in [0.25, 0.3) is 5.57 Å². The number of benzene rings is 2. The summed E-state index contributed by atoms with van der Waals surface area (Å²) in [7, 11) is 0. The number of rotatable bonds is 3. The zero-order valence-corrected chi connectivity index (χ0v) is 14.4. The summed E-state index contributed by atoms with van der Waals surface area (Å²) in [6.45, 7) is -0.0455. The lowest BCUT2D eigenvalue weighted by Gasteiger charge is -2.15. The molecule has 0 aromatic heterocycles. The summed E-state index contributed by atoms with van der Waals surface area (Å²) in [5.41, 5.74) is 0.699. The molecular weight excluding hydrogens is 373 g/mol. The molecule has 24 heavy (non-hydrogen) atoms. The van der Waals surface area contributed by atoms with Crippen LogP contribution in [0.5, 0.6) is 0 Å². The summed E-state index contributed by atoms with van der Waals surface area (Å²) in [6, 6.07) is 11.3. The van der Waals surface area contributed by atoms with Gasteiger partial charge in [0.05, 0.1) is 17.1 Å². The van der Waals surface area contributed by atoms with E-state index in [0.29, 0.717) is 15.6 Å². The van der Waals surface area contributed by atoms with E-state index >= 15 is 0 Å². The number of nitrogens with zero attached hydrogens (tertiary/aromatic N) is 1. The zero-order chi connectivity index (χ0) is 17.4. The molecule has 1 aliphatic heterocycles. The number of carbonyl (C=O) groups is 2. The highest BCUT2D eigenvalue weighted by molar-refractivity contribution is 6.41. The van der Waals surface area contributed by atoms with Crippen molar-refractivity contribution in [3.63, 3.8) is 0 Å². The fourth-order valence-corrected chi connectivity index (χ4v) is 3.14. The number of hydrogen-bond donors (Lipinski definition) is 1. The number of halogens is 3. The largest absolute Gasteiger partial charge is 0.502 e. The van der Waals surface area contributed by atoms with Gasteiger partial charge in [0, 0.05) is 15.6 Å². The molecule has 0 spiro atoms. The lowest BCUT2D eigenvalue weighted by Crippen LogP contribution is -2.31. The Bertz CT molecular complexity index is 892. The molecule has 0 unspecified atom stereocenters. The van der Waals surface area contributed by atoms with Crippen LogP contribution in [0, 0.1) is 0 Å². The molecule has 1 aliphatic rings. The Hall–Kier alpha value is -2.01. The van der Waals surface area contributed by atoms with Gasteiger partial charge < -0.3 is 5.11 Å². The second-order valence-electron chi connectivity index (χ2n) is 5.14. The van der Waals surface area contributed by atoms with Crippen molar-refractivity contribution in [3.05, 3.63) is 74.4 Å². The van der Waals surface area contributed by atoms with E-state index < -0.39 is 17.6 Å². The Morgan fingerprint density at radius 3 is 2.29 bits per heavy atom. The molecule has 0 fully saturated rings. The van der Waals surface area contributed by atoms with Crippen LogP contribution >= 0.6 is 34.8 Å². The van der Waals surface area contributed by atoms with Crippen LogP contribution in [0.4, 0.5) is 0 Å². The first kappa shape index (κ1) is 16.8. The number of aliphatic hydroxyl groups is 1. The van der Waals surface area contributed by atoms with Crippen molar-refractivity contribution in [2.45, 2.75) is 6.54 Å². The van der Waals surface area contributed by atoms with E-state index in [-0.39, 0.29) is 22.7 Å². The maximum atomic E-state index is 12.6. The number of carbonyl (C=O) groups excluding carboxylic acids is 2. The van der Waals surface area contributed by atoms with Crippen LogP contribution in [-0.2, 0) is 16.1 Å². The molecule has 0 saturated heterocycles. The van der Waals surface area contributed by atoms with Crippen molar-refractivity contribution < 1.29 is 14.7 Å². The van der Waals surface area contributed by atoms with Gasteiger partial charge in [0.1, 0.15) is 0 Å². The van der Waals surface area contributed by atoms with Crippen LogP contribution < -0.4 is 0 Å². The average molecular weight is 383 g/mol. The second kappa shape index (κ2) is 6.48. The molecule has 0 aliphatic carbocycles. The van der Waals surface area contributed by atoms with Gasteiger partial charge in [-0.25, -0.2) is 0 Å². The predicted molar refractivity (Wildman–Crippen MR) is 93.0 cm³/mol.